The number of halogens is 26. The van der Waals surface area contributed by atoms with E-state index in [-0.39, 0.29) is 108 Å². The lowest BCUT2D eigenvalue weighted by atomic mass is 10.1. The molecular formula is C75H47Br6Cl8F12N3O17. The van der Waals surface area contributed by atoms with Gasteiger partial charge >= 0.3 is 35.8 Å². The van der Waals surface area contributed by atoms with Crippen molar-refractivity contribution in [1.29, 1.82) is 0 Å². The minimum Gasteiger partial charge on any atom is -0.506 e. The molecule has 0 unspecified atom stereocenters. The number of aromatic carboxylic acids is 3. The molecule has 12 rings (SSSR count). The Morgan fingerprint density at radius 3 is 1.17 bits per heavy atom. The lowest BCUT2D eigenvalue weighted by molar-refractivity contribution is -0.142. The van der Waals surface area contributed by atoms with E-state index in [0.29, 0.717) is 5.52 Å². The van der Waals surface area contributed by atoms with E-state index in [9.17, 15) is 106 Å². The number of aliphatic hydroxyl groups excluding tert-OH is 1. The summed E-state index contributed by atoms with van der Waals surface area (Å²) in [5.41, 5.74) is -3.94. The minimum absolute atomic E-state index is 0.0389. The fourth-order valence-electron chi connectivity index (χ4n) is 9.69. The maximum atomic E-state index is 14.1. The van der Waals surface area contributed by atoms with Gasteiger partial charge in [0, 0.05) is 41.5 Å². The van der Waals surface area contributed by atoms with Gasteiger partial charge < -0.3 is 43.8 Å². The Morgan fingerprint density at radius 2 is 0.777 bits per heavy atom. The lowest BCUT2D eigenvalue weighted by Gasteiger charge is -2.14. The number of hydrogen-bond acceptors (Lipinski definition) is 15. The molecule has 3 fully saturated rings. The summed E-state index contributed by atoms with van der Waals surface area (Å²) < 4.78 is 176. The van der Waals surface area contributed by atoms with Crippen molar-refractivity contribution < 1.29 is 126 Å². The molecule has 2 heterocycles. The summed E-state index contributed by atoms with van der Waals surface area (Å²) in [6, 6.07) is 8.22. The Morgan fingerprint density at radius 1 is 0.430 bits per heavy atom. The number of carbonyl (C=O) groups is 8. The predicted molar refractivity (Wildman–Crippen MR) is 446 cm³/mol. The second-order valence-electron chi connectivity index (χ2n) is 24.2. The molecule has 0 aliphatic heterocycles. The fourth-order valence-corrected chi connectivity index (χ4v) is 14.7. The molecule has 9 aromatic rings. The van der Waals surface area contributed by atoms with Gasteiger partial charge in [0.25, 0.3) is 5.24 Å². The summed E-state index contributed by atoms with van der Waals surface area (Å²) in [5.74, 6) is -20.4. The molecule has 0 bridgehead atoms. The first-order valence-electron chi connectivity index (χ1n) is 33.3. The molecule has 3 saturated carbocycles. The number of aliphatic imine (C=N–C) groups is 1. The molecule has 0 saturated heterocycles. The number of ether oxygens (including phenoxy) is 3. The molecule has 20 nitrogen and oxygen atoms in total. The molecule has 646 valence electrons. The van der Waals surface area contributed by atoms with Crippen LogP contribution in [0.3, 0.4) is 0 Å². The summed E-state index contributed by atoms with van der Waals surface area (Å²) >= 11 is 60.8. The van der Waals surface area contributed by atoms with Crippen LogP contribution in [0, 0.1) is 69.8 Å². The monoisotopic (exact) mass is 2240 g/mol. The zero-order valence-electron chi connectivity index (χ0n) is 60.4. The highest BCUT2D eigenvalue weighted by Crippen LogP contribution is 2.43. The number of ketones is 1. The standard InChI is InChI=1S/C15H13BrClF2NO3.C15H12BrClFNO3.C13H8BrClFNO3.C11H8BrClF2O3.C7HBrCl2F2O.C7H2BrClF2O2.C7H3ClF2O2/c1-2-23-15(22)9(6-20-7-3-4-7)14(21)8-5-10(16)13(19)11(17)12(8)18;1-2-22-15(21)9-6-19(7-3-4-7)13-8(14(9)20)5-10(16)12(18)11(13)17;14-8-3-6-11(9(15)10(8)16)17(5-1-2-5)4-7(12(6)18)13(19)20;1-2-18-8(17)4-7(16)5-3-6(12)11(15)9(13)10(5)14;8-3-1-2(7(10)13)5(11)4(9)6(3)12;8-3-1-2(7(12)13)5(10)4(9)6(3)11;8-5-4(9)2-1-3(6(5)10)7(11)12/h5-7,21H,2-4H2,1H3;5-7H,2-4H2,1H3;3-5H,1-2H2,(H,19,20);3H,2,4H2,1H3;1H;1H,(H,12,13);1-2H,(H,11,12). The van der Waals surface area contributed by atoms with Crippen LogP contribution < -0.4 is 10.9 Å². The summed E-state index contributed by atoms with van der Waals surface area (Å²) in [6.07, 6.45) is 8.47. The average Bonchev–Trinajstić information content (AvgIpc) is 1.70. The molecule has 0 amide bonds. The number of Topliss-reactive ketones (excluding diaryl/α,β-unsaturated/α-hetero) is 1. The number of esters is 3. The second-order valence-corrected chi connectivity index (χ2v) is 32.3. The number of aromatic nitrogens is 2. The average molecular weight is 2250 g/mol. The first-order chi connectivity index (χ1) is 56.5. The Hall–Kier alpha value is -7.31. The highest BCUT2D eigenvalue weighted by molar-refractivity contribution is 9.11. The summed E-state index contributed by atoms with van der Waals surface area (Å²) in [6.45, 7) is 5.20. The van der Waals surface area contributed by atoms with E-state index in [2.05, 4.69) is 105 Å². The molecule has 3 aliphatic rings. The van der Waals surface area contributed by atoms with E-state index in [4.69, 9.17) is 118 Å². The fraction of sp³-hybridized carbons (Fsp3) is 0.213. The van der Waals surface area contributed by atoms with Gasteiger partial charge in [0.1, 0.15) is 69.9 Å². The summed E-state index contributed by atoms with van der Waals surface area (Å²) in [7, 11) is 0. The van der Waals surface area contributed by atoms with Crippen LogP contribution in [0.2, 0.25) is 35.2 Å². The molecule has 7 aromatic carbocycles. The number of nitrogens with zero attached hydrogens (tertiary/aromatic N) is 3. The van der Waals surface area contributed by atoms with Crippen LogP contribution in [0.25, 0.3) is 27.6 Å². The number of hydrogen-bond donors (Lipinski definition) is 4. The number of carboxylic acids is 3. The van der Waals surface area contributed by atoms with Gasteiger partial charge in [-0.1, -0.05) is 81.2 Å². The van der Waals surface area contributed by atoms with E-state index in [1.807, 2.05) is 0 Å². The third-order valence-electron chi connectivity index (χ3n) is 15.9. The van der Waals surface area contributed by atoms with Crippen molar-refractivity contribution in [2.75, 3.05) is 19.8 Å². The number of benzene rings is 7. The van der Waals surface area contributed by atoms with Crippen LogP contribution in [0.15, 0.2) is 108 Å². The van der Waals surface area contributed by atoms with Crippen LogP contribution in [0.1, 0.15) is 146 Å². The van der Waals surface area contributed by atoms with E-state index in [0.717, 1.165) is 81.1 Å². The normalized spacial score (nSPS) is 12.7. The van der Waals surface area contributed by atoms with Gasteiger partial charge in [-0.2, -0.15) is 0 Å². The number of carboxylic acid groups (broad SMARTS) is 3. The largest absolute Gasteiger partial charge is 0.506 e. The third kappa shape index (κ3) is 25.5. The molecule has 4 N–H and O–H groups in total. The van der Waals surface area contributed by atoms with Crippen molar-refractivity contribution in [3.63, 3.8) is 0 Å². The number of carbonyl (C=O) groups excluding carboxylic acids is 5. The van der Waals surface area contributed by atoms with Crippen molar-refractivity contribution >= 4 is 269 Å². The zero-order valence-corrected chi connectivity index (χ0v) is 76.0. The molecule has 3 aliphatic carbocycles. The molecule has 0 spiro atoms. The SMILES string of the molecule is CCOC(=O)C(C=NC1CC1)=C(O)c1cc(Br)c(F)c(Cl)c1F.CCOC(=O)CC(=O)c1cc(Br)c(F)c(Cl)c1F.CCOC(=O)c1cn(C2CC2)c2c(Cl)c(F)c(Br)cc2c1=O.O=C(Cl)c1cc(Br)c(F)c(Cl)c1F.O=C(O)c1cc(Br)c(F)c(Cl)c1F.O=C(O)c1ccc(F)c(Cl)c1F.O=C(O)c1cn(C2CC2)c2c(Cl)c(F)c(Br)cc2c1=O. The molecular weight excluding hydrogens is 2210 g/mol. The van der Waals surface area contributed by atoms with Crippen molar-refractivity contribution in [2.45, 2.75) is 83.8 Å². The van der Waals surface area contributed by atoms with E-state index < -0.39 is 193 Å². The van der Waals surface area contributed by atoms with Gasteiger partial charge in [0.2, 0.25) is 10.9 Å². The molecule has 46 heteroatoms. The third-order valence-corrected chi connectivity index (χ3v) is 21.9. The van der Waals surface area contributed by atoms with Crippen LogP contribution in [0.5, 0.6) is 0 Å². The maximum absolute atomic E-state index is 14.1. The van der Waals surface area contributed by atoms with Crippen molar-refractivity contribution in [3.05, 3.63) is 258 Å². The highest BCUT2D eigenvalue weighted by Gasteiger charge is 2.33. The van der Waals surface area contributed by atoms with Crippen LogP contribution in [0.4, 0.5) is 52.7 Å². The van der Waals surface area contributed by atoms with Crippen LogP contribution in [-0.4, -0.2) is 108 Å². The van der Waals surface area contributed by atoms with Crippen LogP contribution in [-0.2, 0) is 23.8 Å². The van der Waals surface area contributed by atoms with Gasteiger partial charge in [-0.15, -0.1) is 0 Å². The van der Waals surface area contributed by atoms with Gasteiger partial charge in [-0.3, -0.25) is 29.0 Å². The molecule has 0 atom stereocenters. The molecule has 0 radical (unpaired) electrons. The first-order valence-corrected chi connectivity index (χ1v) is 41.1. The second kappa shape index (κ2) is 45.0. The highest BCUT2D eigenvalue weighted by atomic mass is 79.9. The Kier molecular flexibility index (Phi) is 38.1. The number of pyridine rings is 2. The van der Waals surface area contributed by atoms with Crippen molar-refractivity contribution in [2.24, 2.45) is 4.99 Å². The Bertz CT molecular complexity index is 5840. The number of fused-ring (bicyclic) bond motifs is 2. The van der Waals surface area contributed by atoms with Crippen molar-refractivity contribution in [3.8, 4) is 0 Å². The zero-order chi connectivity index (χ0) is 91.3. The van der Waals surface area contributed by atoms with Gasteiger partial charge in [0.15, 0.2) is 69.8 Å². The quantitative estimate of drug-likeness (QED) is 0.00563. The van der Waals surface area contributed by atoms with Crippen molar-refractivity contribution in [1.82, 2.24) is 9.13 Å². The van der Waals surface area contributed by atoms with Gasteiger partial charge in [0.05, 0.1) is 91.5 Å². The van der Waals surface area contributed by atoms with Gasteiger partial charge in [-0.25, -0.2) is 76.7 Å². The number of aliphatic hydroxyl groups is 1. The number of rotatable bonds is 17. The lowest BCUT2D eigenvalue weighted by Crippen LogP contribution is -2.21. The Balaban J connectivity index is 0.000000222. The van der Waals surface area contributed by atoms with Gasteiger partial charge in [-0.05, 0) is 215 Å². The Labute approximate surface area is 763 Å². The van der Waals surface area contributed by atoms with E-state index in [1.165, 1.54) is 24.5 Å². The first kappa shape index (κ1) is 102. The topological polar surface area (TPSA) is 302 Å². The molecule has 2 aromatic heterocycles. The summed E-state index contributed by atoms with van der Waals surface area (Å²) in [4.78, 5) is 118. The maximum Gasteiger partial charge on any atom is 0.343 e. The predicted octanol–water partition coefficient (Wildman–Crippen LogP) is 24.8. The molecule has 121 heavy (non-hydrogen) atoms. The smallest absolute Gasteiger partial charge is 0.343 e. The van der Waals surface area contributed by atoms with Crippen LogP contribution >= 0.6 is 188 Å². The minimum atomic E-state index is -1.50. The van der Waals surface area contributed by atoms with E-state index in [1.54, 1.807) is 29.9 Å². The van der Waals surface area contributed by atoms with E-state index >= 15 is 0 Å². The summed E-state index contributed by atoms with van der Waals surface area (Å²) in [5, 5.41) is 31.2.